The summed E-state index contributed by atoms with van der Waals surface area (Å²) in [7, 11) is 0. The number of carbonyl (C=O) groups is 2. The summed E-state index contributed by atoms with van der Waals surface area (Å²) in [5.41, 5.74) is 1.15. The molecule has 1 fully saturated rings. The molecule has 1 atom stereocenters. The summed E-state index contributed by atoms with van der Waals surface area (Å²) in [5, 5.41) is 3.10. The monoisotopic (exact) mass is 448 g/mol. The predicted molar refractivity (Wildman–Crippen MR) is 116 cm³/mol. The minimum absolute atomic E-state index is 0.0386. The first kappa shape index (κ1) is 23.2. The Morgan fingerprint density at radius 2 is 1.48 bits per heavy atom. The number of hydrogen-bond acceptors (Lipinski definition) is 2. The largest absolute Gasteiger partial charge is 0.351 e. The van der Waals surface area contributed by atoms with Gasteiger partial charge in [0, 0.05) is 12.6 Å². The van der Waals surface area contributed by atoms with Crippen LogP contribution in [0.2, 0.25) is 0 Å². The number of amides is 2. The van der Waals surface area contributed by atoms with Crippen molar-refractivity contribution in [1.29, 1.82) is 0 Å². The number of carbonyl (C=O) groups excluding carboxylic acids is 2. The van der Waals surface area contributed by atoms with Crippen LogP contribution < -0.4 is 5.32 Å². The molecule has 0 saturated heterocycles. The van der Waals surface area contributed by atoms with Gasteiger partial charge in [-0.25, -0.2) is 8.78 Å². The Morgan fingerprint density at radius 3 is 2.03 bits per heavy atom. The maximum Gasteiger partial charge on any atom is 0.247 e. The summed E-state index contributed by atoms with van der Waals surface area (Å²) in [6.07, 6.45) is 6.18. The van der Waals surface area contributed by atoms with Crippen LogP contribution in [-0.4, -0.2) is 28.6 Å². The van der Waals surface area contributed by atoms with Gasteiger partial charge in [0.1, 0.15) is 23.6 Å². The van der Waals surface area contributed by atoms with Gasteiger partial charge in [0.15, 0.2) is 0 Å². The molecule has 0 spiro atoms. The Bertz CT molecular complexity index is 866. The summed E-state index contributed by atoms with van der Waals surface area (Å²) in [6.45, 7) is 0.0754. The van der Waals surface area contributed by atoms with Crippen molar-refractivity contribution in [2.24, 2.45) is 0 Å². The highest BCUT2D eigenvalue weighted by molar-refractivity contribution is 6.27. The smallest absolute Gasteiger partial charge is 0.247 e. The molecular formula is C24H27ClF2N2O2. The second kappa shape index (κ2) is 11.2. The van der Waals surface area contributed by atoms with Gasteiger partial charge in [-0.2, -0.15) is 0 Å². The molecule has 2 aromatic carbocycles. The van der Waals surface area contributed by atoms with Crippen LogP contribution in [0.25, 0.3) is 0 Å². The van der Waals surface area contributed by atoms with Crippen LogP contribution in [0.4, 0.5) is 8.78 Å². The molecule has 0 bridgehead atoms. The van der Waals surface area contributed by atoms with Gasteiger partial charge in [-0.05, 0) is 48.2 Å². The lowest BCUT2D eigenvalue weighted by Gasteiger charge is -2.32. The normalized spacial score (nSPS) is 15.7. The number of nitrogens with zero attached hydrogens (tertiary/aromatic N) is 1. The van der Waals surface area contributed by atoms with E-state index >= 15 is 0 Å². The van der Waals surface area contributed by atoms with Gasteiger partial charge in [0.2, 0.25) is 11.8 Å². The number of hydrogen-bond donors (Lipinski definition) is 1. The molecule has 1 saturated carbocycles. The van der Waals surface area contributed by atoms with Crippen molar-refractivity contribution in [2.45, 2.75) is 57.2 Å². The van der Waals surface area contributed by atoms with Gasteiger partial charge in [-0.3, -0.25) is 9.59 Å². The topological polar surface area (TPSA) is 49.4 Å². The molecule has 0 aliphatic heterocycles. The van der Waals surface area contributed by atoms with Crippen molar-refractivity contribution in [1.82, 2.24) is 10.2 Å². The van der Waals surface area contributed by atoms with E-state index in [2.05, 4.69) is 5.32 Å². The van der Waals surface area contributed by atoms with E-state index in [9.17, 15) is 18.4 Å². The van der Waals surface area contributed by atoms with Gasteiger partial charge in [0.25, 0.3) is 0 Å². The molecule has 2 amide bonds. The molecule has 1 N–H and O–H groups in total. The molecular weight excluding hydrogens is 422 g/mol. The quantitative estimate of drug-likeness (QED) is 0.472. The molecule has 0 radical (unpaired) electrons. The van der Waals surface area contributed by atoms with E-state index in [1.54, 1.807) is 12.1 Å². The second-order valence-electron chi connectivity index (χ2n) is 7.93. The molecule has 0 aromatic heterocycles. The van der Waals surface area contributed by atoms with E-state index in [0.29, 0.717) is 11.1 Å². The first-order valence-corrected chi connectivity index (χ1v) is 11.2. The summed E-state index contributed by atoms with van der Waals surface area (Å²) in [4.78, 5) is 27.6. The SMILES string of the molecule is O=C(NC1CCCCCC1)[C@H](c1ccc(F)cc1)N(Cc1ccc(F)cc1)C(=O)CCl. The maximum absolute atomic E-state index is 13.5. The van der Waals surface area contributed by atoms with E-state index in [-0.39, 0.29) is 30.2 Å². The van der Waals surface area contributed by atoms with E-state index < -0.39 is 17.8 Å². The van der Waals surface area contributed by atoms with E-state index in [1.807, 2.05) is 0 Å². The standard InChI is InChI=1S/C24H27ClF2N2O2/c25-15-22(30)29(16-17-7-11-19(26)12-8-17)23(18-9-13-20(27)14-10-18)24(31)28-21-5-3-1-2-4-6-21/h7-14,21,23H,1-6,15-16H2,(H,28,31)/t23-/m0/s1. The number of halogens is 3. The highest BCUT2D eigenvalue weighted by Gasteiger charge is 2.32. The van der Waals surface area contributed by atoms with Gasteiger partial charge < -0.3 is 10.2 Å². The van der Waals surface area contributed by atoms with Crippen molar-refractivity contribution in [3.63, 3.8) is 0 Å². The van der Waals surface area contributed by atoms with E-state index in [1.165, 1.54) is 41.3 Å². The minimum Gasteiger partial charge on any atom is -0.351 e. The van der Waals surface area contributed by atoms with Gasteiger partial charge in [0.05, 0.1) is 0 Å². The highest BCUT2D eigenvalue weighted by Crippen LogP contribution is 2.26. The number of nitrogens with one attached hydrogen (secondary N) is 1. The zero-order valence-electron chi connectivity index (χ0n) is 17.3. The van der Waals surface area contributed by atoms with E-state index in [0.717, 1.165) is 38.5 Å². The Kier molecular flexibility index (Phi) is 8.41. The van der Waals surface area contributed by atoms with Crippen LogP contribution >= 0.6 is 11.6 Å². The third-order valence-electron chi connectivity index (χ3n) is 5.65. The average molecular weight is 449 g/mol. The highest BCUT2D eigenvalue weighted by atomic mass is 35.5. The lowest BCUT2D eigenvalue weighted by atomic mass is 10.0. The Balaban J connectivity index is 1.92. The Labute approximate surface area is 186 Å². The molecule has 0 unspecified atom stereocenters. The summed E-state index contributed by atoms with van der Waals surface area (Å²) in [6, 6.07) is 10.3. The van der Waals surface area contributed by atoms with E-state index in [4.69, 9.17) is 11.6 Å². The van der Waals surface area contributed by atoms with Crippen molar-refractivity contribution in [2.75, 3.05) is 5.88 Å². The molecule has 7 heteroatoms. The van der Waals surface area contributed by atoms with Crippen LogP contribution in [0.3, 0.4) is 0 Å². The number of alkyl halides is 1. The Hall–Kier alpha value is -2.47. The first-order chi connectivity index (χ1) is 15.0. The molecule has 31 heavy (non-hydrogen) atoms. The number of benzene rings is 2. The molecule has 166 valence electrons. The zero-order valence-corrected chi connectivity index (χ0v) is 18.1. The molecule has 0 heterocycles. The van der Waals surface area contributed by atoms with Crippen LogP contribution in [0.15, 0.2) is 48.5 Å². The van der Waals surface area contributed by atoms with Crippen molar-refractivity contribution in [3.8, 4) is 0 Å². The summed E-state index contributed by atoms with van der Waals surface area (Å²) in [5.74, 6) is -1.88. The van der Waals surface area contributed by atoms with Crippen molar-refractivity contribution < 1.29 is 18.4 Å². The van der Waals surface area contributed by atoms with Crippen LogP contribution in [0, 0.1) is 11.6 Å². The fourth-order valence-electron chi connectivity index (χ4n) is 4.01. The van der Waals surface area contributed by atoms with Gasteiger partial charge in [-0.15, -0.1) is 11.6 Å². The van der Waals surface area contributed by atoms with Crippen LogP contribution in [0.5, 0.6) is 0 Å². The lowest BCUT2D eigenvalue weighted by molar-refractivity contribution is -0.140. The maximum atomic E-state index is 13.5. The number of rotatable bonds is 7. The van der Waals surface area contributed by atoms with Gasteiger partial charge >= 0.3 is 0 Å². The third-order valence-corrected chi connectivity index (χ3v) is 5.88. The lowest BCUT2D eigenvalue weighted by Crippen LogP contribution is -2.46. The van der Waals surface area contributed by atoms with Crippen LogP contribution in [0.1, 0.15) is 55.7 Å². The molecule has 1 aliphatic carbocycles. The Morgan fingerprint density at radius 1 is 0.935 bits per heavy atom. The molecule has 2 aromatic rings. The molecule has 3 rings (SSSR count). The predicted octanol–water partition coefficient (Wildman–Crippen LogP) is 5.11. The fraction of sp³-hybridized carbons (Fsp3) is 0.417. The first-order valence-electron chi connectivity index (χ1n) is 10.6. The minimum atomic E-state index is -0.972. The second-order valence-corrected chi connectivity index (χ2v) is 8.20. The summed E-state index contributed by atoms with van der Waals surface area (Å²) >= 11 is 5.87. The zero-order chi connectivity index (χ0) is 22.2. The average Bonchev–Trinajstić information content (AvgIpc) is 3.04. The van der Waals surface area contributed by atoms with Crippen LogP contribution in [-0.2, 0) is 16.1 Å². The van der Waals surface area contributed by atoms with Crippen molar-refractivity contribution >= 4 is 23.4 Å². The van der Waals surface area contributed by atoms with Gasteiger partial charge in [-0.1, -0.05) is 49.9 Å². The fourth-order valence-corrected chi connectivity index (χ4v) is 4.16. The van der Waals surface area contributed by atoms with Crippen molar-refractivity contribution in [3.05, 3.63) is 71.3 Å². The third kappa shape index (κ3) is 6.50. The molecule has 1 aliphatic rings. The molecule has 4 nitrogen and oxygen atoms in total. The summed E-state index contributed by atoms with van der Waals surface area (Å²) < 4.78 is 26.9.